The molecule has 0 saturated heterocycles. The van der Waals surface area contributed by atoms with Crippen molar-refractivity contribution in [3.05, 3.63) is 56.3 Å². The number of nitrogens with one attached hydrogen (secondary N) is 1. The Kier molecular flexibility index (Phi) is 6.36. The van der Waals surface area contributed by atoms with Gasteiger partial charge in [-0.1, -0.05) is 22.9 Å². The quantitative estimate of drug-likeness (QED) is 0.378. The van der Waals surface area contributed by atoms with E-state index in [1.54, 1.807) is 23.3 Å². The number of nitrogens with zero attached hydrogens (tertiary/aromatic N) is 6. The number of rotatable bonds is 7. The predicted molar refractivity (Wildman–Crippen MR) is 119 cm³/mol. The number of amides is 1. The number of halogens is 3. The standard InChI is InChI=1S/C19H16ClF2N7O2S2/c1-19(18-25-11(20)7-32-18,10-6-24-29(2)17(10)31-3)8-23-14(30)16-28-27-15(33-16)9-4-5-12(21)26-13(9)22/h4-7H,8H2,1-3H3,(H,23,30). The molecule has 4 heterocycles. The largest absolute Gasteiger partial charge is 0.481 e. The van der Waals surface area contributed by atoms with Gasteiger partial charge in [-0.15, -0.1) is 21.5 Å². The SMILES string of the molecule is COc1c(C(C)(CNC(=O)c2nnc(-c3ccc(F)nc3F)s2)c2nc(Cl)cs2)cnn1C. The summed E-state index contributed by atoms with van der Waals surface area (Å²) in [5, 5.41) is 17.5. The molecule has 0 bridgehead atoms. The molecule has 0 aromatic carbocycles. The van der Waals surface area contributed by atoms with Gasteiger partial charge in [-0.25, -0.2) is 9.67 Å². The van der Waals surface area contributed by atoms with E-state index in [4.69, 9.17) is 16.3 Å². The molecule has 4 aromatic rings. The number of aromatic nitrogens is 6. The average Bonchev–Trinajstić information content (AvgIpc) is 3.52. The first-order valence-electron chi connectivity index (χ1n) is 9.35. The molecule has 1 N–H and O–H groups in total. The normalized spacial score (nSPS) is 13.0. The fourth-order valence-electron chi connectivity index (χ4n) is 3.17. The van der Waals surface area contributed by atoms with Crippen LogP contribution in [0.4, 0.5) is 8.78 Å². The highest BCUT2D eigenvalue weighted by Gasteiger charge is 2.38. The van der Waals surface area contributed by atoms with Crippen LogP contribution in [0, 0.1) is 11.9 Å². The Morgan fingerprint density at radius 3 is 2.76 bits per heavy atom. The summed E-state index contributed by atoms with van der Waals surface area (Å²) in [5.74, 6) is -2.00. The minimum atomic E-state index is -1.03. The van der Waals surface area contributed by atoms with Crippen molar-refractivity contribution in [2.75, 3.05) is 13.7 Å². The van der Waals surface area contributed by atoms with E-state index in [0.29, 0.717) is 21.6 Å². The molecule has 172 valence electrons. The van der Waals surface area contributed by atoms with Crippen molar-refractivity contribution in [1.29, 1.82) is 0 Å². The molecule has 1 unspecified atom stereocenters. The second kappa shape index (κ2) is 9.08. The number of pyridine rings is 1. The fraction of sp³-hybridized carbons (Fsp3) is 0.263. The minimum Gasteiger partial charge on any atom is -0.481 e. The van der Waals surface area contributed by atoms with E-state index in [1.165, 1.54) is 24.5 Å². The summed E-state index contributed by atoms with van der Waals surface area (Å²) in [6.07, 6.45) is 1.65. The highest BCUT2D eigenvalue weighted by Crippen LogP contribution is 2.39. The van der Waals surface area contributed by atoms with Crippen LogP contribution in [0.2, 0.25) is 5.15 Å². The lowest BCUT2D eigenvalue weighted by Crippen LogP contribution is -2.39. The van der Waals surface area contributed by atoms with Crippen LogP contribution in [0.5, 0.6) is 5.88 Å². The highest BCUT2D eigenvalue weighted by molar-refractivity contribution is 7.16. The zero-order valence-electron chi connectivity index (χ0n) is 17.5. The molecule has 9 nitrogen and oxygen atoms in total. The van der Waals surface area contributed by atoms with Gasteiger partial charge in [0.05, 0.1) is 24.3 Å². The summed E-state index contributed by atoms with van der Waals surface area (Å²) >= 11 is 8.26. The second-order valence-corrected chi connectivity index (χ2v) is 9.29. The lowest BCUT2D eigenvalue weighted by Gasteiger charge is -2.27. The molecule has 4 aromatic heterocycles. The third kappa shape index (κ3) is 4.43. The van der Waals surface area contributed by atoms with Crippen LogP contribution in [0.1, 0.15) is 27.3 Å². The highest BCUT2D eigenvalue weighted by atomic mass is 35.5. The fourth-order valence-corrected chi connectivity index (χ4v) is 5.07. The zero-order chi connectivity index (χ0) is 23.8. The summed E-state index contributed by atoms with van der Waals surface area (Å²) in [6, 6.07) is 2.20. The Hall–Kier alpha value is -3.03. The maximum atomic E-state index is 14.0. The molecular formula is C19H16ClF2N7O2S2. The van der Waals surface area contributed by atoms with E-state index in [0.717, 1.165) is 17.4 Å². The predicted octanol–water partition coefficient (Wildman–Crippen LogP) is 3.47. The summed E-state index contributed by atoms with van der Waals surface area (Å²) in [4.78, 5) is 20.4. The Morgan fingerprint density at radius 1 is 1.30 bits per heavy atom. The summed E-state index contributed by atoms with van der Waals surface area (Å²) < 4.78 is 34.1. The maximum Gasteiger partial charge on any atom is 0.282 e. The number of methoxy groups -OCH3 is 1. The van der Waals surface area contributed by atoms with Crippen molar-refractivity contribution in [1.82, 2.24) is 35.3 Å². The molecule has 0 saturated carbocycles. The van der Waals surface area contributed by atoms with Crippen molar-refractivity contribution < 1.29 is 18.3 Å². The van der Waals surface area contributed by atoms with Gasteiger partial charge in [-0.2, -0.15) is 18.9 Å². The van der Waals surface area contributed by atoms with Crippen molar-refractivity contribution in [2.24, 2.45) is 7.05 Å². The molecule has 14 heteroatoms. The summed E-state index contributed by atoms with van der Waals surface area (Å²) in [6.45, 7) is 1.99. The number of carbonyl (C=O) groups is 1. The van der Waals surface area contributed by atoms with Crippen molar-refractivity contribution in [3.8, 4) is 16.5 Å². The van der Waals surface area contributed by atoms with E-state index < -0.39 is 23.2 Å². The van der Waals surface area contributed by atoms with Gasteiger partial charge in [0.2, 0.25) is 22.8 Å². The first-order valence-corrected chi connectivity index (χ1v) is 11.4. The first-order chi connectivity index (χ1) is 15.7. The molecular weight excluding hydrogens is 496 g/mol. The van der Waals surface area contributed by atoms with Crippen molar-refractivity contribution in [3.63, 3.8) is 0 Å². The van der Waals surface area contributed by atoms with E-state index in [-0.39, 0.29) is 22.1 Å². The van der Waals surface area contributed by atoms with Crippen molar-refractivity contribution in [2.45, 2.75) is 12.3 Å². The third-order valence-corrected chi connectivity index (χ3v) is 7.27. The molecule has 4 rings (SSSR count). The minimum absolute atomic E-state index is 0.00592. The number of thiazole rings is 1. The number of hydrogen-bond donors (Lipinski definition) is 1. The smallest absolute Gasteiger partial charge is 0.282 e. The Morgan fingerprint density at radius 2 is 2.09 bits per heavy atom. The van der Waals surface area contributed by atoms with Crippen LogP contribution < -0.4 is 10.1 Å². The molecule has 33 heavy (non-hydrogen) atoms. The van der Waals surface area contributed by atoms with Crippen LogP contribution in [0.15, 0.2) is 23.7 Å². The molecule has 0 spiro atoms. The number of carbonyl (C=O) groups excluding carboxylic acids is 1. The Bertz CT molecular complexity index is 1330. The van der Waals surface area contributed by atoms with E-state index >= 15 is 0 Å². The van der Waals surface area contributed by atoms with E-state index in [2.05, 4.69) is 30.6 Å². The third-order valence-electron chi connectivity index (χ3n) is 4.89. The topological polar surface area (TPSA) is 108 Å². The van der Waals surface area contributed by atoms with Gasteiger partial charge in [0.15, 0.2) is 5.01 Å². The lowest BCUT2D eigenvalue weighted by molar-refractivity contribution is 0.0946. The van der Waals surface area contributed by atoms with Gasteiger partial charge < -0.3 is 10.1 Å². The number of ether oxygens (including phenoxy) is 1. The van der Waals surface area contributed by atoms with Crippen LogP contribution in [0.25, 0.3) is 10.6 Å². The van der Waals surface area contributed by atoms with Gasteiger partial charge >= 0.3 is 0 Å². The van der Waals surface area contributed by atoms with Gasteiger partial charge in [-0.05, 0) is 19.1 Å². The lowest BCUT2D eigenvalue weighted by atomic mass is 9.84. The first kappa shape index (κ1) is 23.1. The maximum absolute atomic E-state index is 14.0. The van der Waals surface area contributed by atoms with E-state index in [1.807, 2.05) is 6.92 Å². The van der Waals surface area contributed by atoms with Crippen LogP contribution >= 0.6 is 34.3 Å². The average molecular weight is 512 g/mol. The van der Waals surface area contributed by atoms with Gasteiger partial charge in [0.1, 0.15) is 10.2 Å². The van der Waals surface area contributed by atoms with Crippen molar-refractivity contribution >= 4 is 40.2 Å². The van der Waals surface area contributed by atoms with Crippen LogP contribution in [-0.4, -0.2) is 49.5 Å². The van der Waals surface area contributed by atoms with Crippen LogP contribution in [-0.2, 0) is 12.5 Å². The molecule has 1 amide bonds. The Balaban J connectivity index is 1.60. The molecule has 0 aliphatic heterocycles. The molecule has 1 atom stereocenters. The molecule has 0 aliphatic carbocycles. The van der Waals surface area contributed by atoms with Gasteiger partial charge in [0.25, 0.3) is 5.91 Å². The van der Waals surface area contributed by atoms with E-state index in [9.17, 15) is 13.6 Å². The molecule has 0 radical (unpaired) electrons. The summed E-state index contributed by atoms with van der Waals surface area (Å²) in [5.41, 5.74) is -0.167. The van der Waals surface area contributed by atoms with Crippen LogP contribution in [0.3, 0.4) is 0 Å². The monoisotopic (exact) mass is 511 g/mol. The second-order valence-electron chi connectivity index (χ2n) is 7.07. The zero-order valence-corrected chi connectivity index (χ0v) is 19.9. The number of hydrogen-bond acceptors (Lipinski definition) is 9. The molecule has 0 fully saturated rings. The van der Waals surface area contributed by atoms with Gasteiger partial charge in [0, 0.05) is 24.5 Å². The molecule has 0 aliphatic rings. The Labute approximate surface area is 199 Å². The number of aryl methyl sites for hydroxylation is 1. The summed E-state index contributed by atoms with van der Waals surface area (Å²) in [7, 11) is 3.27. The van der Waals surface area contributed by atoms with Gasteiger partial charge in [-0.3, -0.25) is 4.79 Å².